The second-order valence-electron chi connectivity index (χ2n) is 5.80. The van der Waals surface area contributed by atoms with Gasteiger partial charge in [-0.05, 0) is 30.7 Å². The molecule has 0 unspecified atom stereocenters. The average molecular weight is 356 g/mol. The van der Waals surface area contributed by atoms with Gasteiger partial charge in [0.05, 0.1) is 21.3 Å². The molecule has 0 aliphatic carbocycles. The molecule has 3 rings (SSSR count). The van der Waals surface area contributed by atoms with Crippen LogP contribution in [-0.4, -0.2) is 37.4 Å². The lowest BCUT2D eigenvalue weighted by Crippen LogP contribution is -1.98. The van der Waals surface area contributed by atoms with Crippen molar-refractivity contribution >= 4 is 28.2 Å². The van der Waals surface area contributed by atoms with Crippen LogP contribution >= 0.6 is 0 Å². The Kier molecular flexibility index (Phi) is 4.62. The maximum absolute atomic E-state index is 11.3. The largest absolute Gasteiger partial charge is 0.493 e. The molecule has 7 nitrogen and oxygen atoms in total. The fraction of sp³-hybridized carbons (Fsp3) is 0.211. The summed E-state index contributed by atoms with van der Waals surface area (Å²) >= 11 is 0. The fourth-order valence-corrected chi connectivity index (χ4v) is 2.91. The van der Waals surface area contributed by atoms with Crippen LogP contribution in [0.2, 0.25) is 0 Å². The first-order valence-electron chi connectivity index (χ1n) is 7.90. The Hall–Kier alpha value is -3.35. The van der Waals surface area contributed by atoms with E-state index in [1.54, 1.807) is 39.5 Å². The third-order valence-corrected chi connectivity index (χ3v) is 4.06. The number of ether oxygens (including phenoxy) is 3. The van der Waals surface area contributed by atoms with E-state index in [-0.39, 0.29) is 5.69 Å². The number of nitrogens with one attached hydrogen (secondary N) is 2. The molecule has 0 bridgehead atoms. The molecule has 0 aliphatic rings. The van der Waals surface area contributed by atoms with Gasteiger partial charge in [0.1, 0.15) is 5.69 Å². The van der Waals surface area contributed by atoms with Crippen molar-refractivity contribution in [1.29, 1.82) is 0 Å². The highest BCUT2D eigenvalue weighted by Crippen LogP contribution is 2.41. The van der Waals surface area contributed by atoms with Gasteiger partial charge in [-0.2, -0.15) is 0 Å². The van der Waals surface area contributed by atoms with E-state index in [0.717, 1.165) is 27.8 Å². The van der Waals surface area contributed by atoms with E-state index in [1.807, 2.05) is 19.1 Å². The number of anilines is 2. The van der Waals surface area contributed by atoms with E-state index < -0.39 is 5.97 Å². The fourth-order valence-electron chi connectivity index (χ4n) is 2.91. The molecule has 7 heteroatoms. The van der Waals surface area contributed by atoms with Crippen molar-refractivity contribution in [2.75, 3.05) is 26.6 Å². The molecule has 26 heavy (non-hydrogen) atoms. The maximum Gasteiger partial charge on any atom is 0.352 e. The number of rotatable bonds is 6. The number of carboxylic acid groups (broad SMARTS) is 1. The zero-order valence-corrected chi connectivity index (χ0v) is 15.0. The molecule has 0 spiro atoms. The zero-order valence-electron chi connectivity index (χ0n) is 15.0. The summed E-state index contributed by atoms with van der Waals surface area (Å²) in [6.07, 6.45) is 0. The first kappa shape index (κ1) is 17.5. The minimum Gasteiger partial charge on any atom is -0.493 e. The average Bonchev–Trinajstić information content (AvgIpc) is 3.05. The lowest BCUT2D eigenvalue weighted by Gasteiger charge is -2.16. The number of carboxylic acids is 1. The number of carbonyl (C=O) groups is 1. The number of aromatic nitrogens is 1. The molecule has 1 heterocycles. The normalized spacial score (nSPS) is 10.6. The SMILES string of the molecule is COc1cc(Nc2cc(C)cc3[nH]c(C(=O)O)cc23)cc(OC)c1OC. The Morgan fingerprint density at radius 1 is 1.00 bits per heavy atom. The molecule has 3 aromatic rings. The van der Waals surface area contributed by atoms with Crippen molar-refractivity contribution in [2.24, 2.45) is 0 Å². The Bertz CT molecular complexity index is 952. The Morgan fingerprint density at radius 3 is 2.19 bits per heavy atom. The van der Waals surface area contributed by atoms with Crippen molar-refractivity contribution in [3.63, 3.8) is 0 Å². The van der Waals surface area contributed by atoms with E-state index in [0.29, 0.717) is 17.2 Å². The molecule has 0 amide bonds. The van der Waals surface area contributed by atoms with E-state index in [1.165, 1.54) is 0 Å². The second kappa shape index (κ2) is 6.87. The van der Waals surface area contributed by atoms with Crippen LogP contribution in [0.15, 0.2) is 30.3 Å². The quantitative estimate of drug-likeness (QED) is 0.619. The van der Waals surface area contributed by atoms with E-state index in [2.05, 4.69) is 10.3 Å². The van der Waals surface area contributed by atoms with Crippen LogP contribution < -0.4 is 19.5 Å². The van der Waals surface area contributed by atoms with Crippen LogP contribution in [0.4, 0.5) is 11.4 Å². The number of aryl methyl sites for hydroxylation is 1. The molecule has 1 aromatic heterocycles. The molecule has 2 aromatic carbocycles. The highest BCUT2D eigenvalue weighted by Gasteiger charge is 2.15. The molecule has 0 saturated carbocycles. The first-order valence-corrected chi connectivity index (χ1v) is 7.90. The van der Waals surface area contributed by atoms with Crippen molar-refractivity contribution in [1.82, 2.24) is 4.98 Å². The number of methoxy groups -OCH3 is 3. The minimum atomic E-state index is -1.00. The molecule has 3 N–H and O–H groups in total. The van der Waals surface area contributed by atoms with Crippen LogP contribution in [-0.2, 0) is 0 Å². The molecule has 0 radical (unpaired) electrons. The predicted octanol–water partition coefficient (Wildman–Crippen LogP) is 3.94. The van der Waals surface area contributed by atoms with Gasteiger partial charge in [-0.1, -0.05) is 0 Å². The first-order chi connectivity index (χ1) is 12.5. The van der Waals surface area contributed by atoms with Crippen LogP contribution in [0, 0.1) is 6.92 Å². The lowest BCUT2D eigenvalue weighted by atomic mass is 10.1. The molecule has 0 fully saturated rings. The third kappa shape index (κ3) is 3.11. The Morgan fingerprint density at radius 2 is 1.65 bits per heavy atom. The summed E-state index contributed by atoms with van der Waals surface area (Å²) < 4.78 is 16.1. The number of benzene rings is 2. The molecular weight excluding hydrogens is 336 g/mol. The molecule has 0 saturated heterocycles. The Labute approximate surface area is 150 Å². The standard InChI is InChI=1S/C19H20N2O5/c1-10-5-13(12-9-15(19(22)23)21-14(12)6-10)20-11-7-16(24-2)18(26-4)17(8-11)25-3/h5-9,20-21H,1-4H3,(H,22,23). The monoisotopic (exact) mass is 356 g/mol. The smallest absolute Gasteiger partial charge is 0.352 e. The summed E-state index contributed by atoms with van der Waals surface area (Å²) in [5.41, 5.74) is 3.38. The summed E-state index contributed by atoms with van der Waals surface area (Å²) in [6.45, 7) is 1.95. The Balaban J connectivity index is 2.10. The number of aromatic amines is 1. The highest BCUT2D eigenvalue weighted by molar-refractivity contribution is 6.00. The van der Waals surface area contributed by atoms with Gasteiger partial charge in [0.15, 0.2) is 11.5 Å². The third-order valence-electron chi connectivity index (χ3n) is 4.06. The van der Waals surface area contributed by atoms with E-state index in [9.17, 15) is 9.90 Å². The van der Waals surface area contributed by atoms with E-state index >= 15 is 0 Å². The van der Waals surface area contributed by atoms with Gasteiger partial charge in [0, 0.05) is 34.4 Å². The number of hydrogen-bond acceptors (Lipinski definition) is 5. The molecule has 136 valence electrons. The minimum absolute atomic E-state index is 0.138. The van der Waals surface area contributed by atoms with Crippen LogP contribution in [0.3, 0.4) is 0 Å². The van der Waals surface area contributed by atoms with Crippen molar-refractivity contribution in [2.45, 2.75) is 6.92 Å². The molecular formula is C19H20N2O5. The van der Waals surface area contributed by atoms with Crippen LogP contribution in [0.5, 0.6) is 17.2 Å². The maximum atomic E-state index is 11.3. The van der Waals surface area contributed by atoms with Gasteiger partial charge in [-0.3, -0.25) is 0 Å². The van der Waals surface area contributed by atoms with Crippen molar-refractivity contribution in [3.05, 3.63) is 41.6 Å². The highest BCUT2D eigenvalue weighted by atomic mass is 16.5. The predicted molar refractivity (Wildman–Crippen MR) is 99.4 cm³/mol. The summed E-state index contributed by atoms with van der Waals surface area (Å²) in [5.74, 6) is 0.555. The number of fused-ring (bicyclic) bond motifs is 1. The van der Waals surface area contributed by atoms with Crippen LogP contribution in [0.25, 0.3) is 10.9 Å². The number of hydrogen-bond donors (Lipinski definition) is 3. The van der Waals surface area contributed by atoms with Crippen molar-refractivity contribution < 1.29 is 24.1 Å². The van der Waals surface area contributed by atoms with Gasteiger partial charge in [-0.15, -0.1) is 0 Å². The van der Waals surface area contributed by atoms with Crippen molar-refractivity contribution in [3.8, 4) is 17.2 Å². The van der Waals surface area contributed by atoms with Gasteiger partial charge in [0.25, 0.3) is 0 Å². The summed E-state index contributed by atoms with van der Waals surface area (Å²) in [6, 6.07) is 9.05. The topological polar surface area (TPSA) is 92.8 Å². The second-order valence-corrected chi connectivity index (χ2v) is 5.80. The summed E-state index contributed by atoms with van der Waals surface area (Å²) in [7, 11) is 4.65. The molecule has 0 aliphatic heterocycles. The summed E-state index contributed by atoms with van der Waals surface area (Å²) in [4.78, 5) is 14.2. The summed E-state index contributed by atoms with van der Waals surface area (Å²) in [5, 5.41) is 13.3. The van der Waals surface area contributed by atoms with Gasteiger partial charge in [-0.25, -0.2) is 4.79 Å². The zero-order chi connectivity index (χ0) is 18.8. The van der Waals surface area contributed by atoms with Gasteiger partial charge < -0.3 is 29.6 Å². The number of aromatic carboxylic acids is 1. The van der Waals surface area contributed by atoms with Gasteiger partial charge >= 0.3 is 5.97 Å². The van der Waals surface area contributed by atoms with Crippen LogP contribution in [0.1, 0.15) is 16.1 Å². The van der Waals surface area contributed by atoms with E-state index in [4.69, 9.17) is 14.2 Å². The lowest BCUT2D eigenvalue weighted by molar-refractivity contribution is 0.0691. The molecule has 0 atom stereocenters. The number of H-pyrrole nitrogens is 1. The van der Waals surface area contributed by atoms with Gasteiger partial charge in [0.2, 0.25) is 5.75 Å².